The van der Waals surface area contributed by atoms with Gasteiger partial charge in [0.05, 0.1) is 5.56 Å². The summed E-state index contributed by atoms with van der Waals surface area (Å²) in [7, 11) is 0. The summed E-state index contributed by atoms with van der Waals surface area (Å²) in [6.07, 6.45) is 0. The summed E-state index contributed by atoms with van der Waals surface area (Å²) < 4.78 is 6.45. The quantitative estimate of drug-likeness (QED) is 0.785. The highest BCUT2D eigenvalue weighted by Crippen LogP contribution is 2.31. The van der Waals surface area contributed by atoms with Crippen LogP contribution in [0, 0.1) is 0 Å². The van der Waals surface area contributed by atoms with Crippen molar-refractivity contribution in [3.8, 4) is 16.9 Å². The van der Waals surface area contributed by atoms with Crippen molar-refractivity contribution in [1.82, 2.24) is 0 Å². The fourth-order valence-corrected chi connectivity index (χ4v) is 3.03. The second-order valence-electron chi connectivity index (χ2n) is 3.92. The van der Waals surface area contributed by atoms with Gasteiger partial charge in [0.25, 0.3) is 6.47 Å². The third kappa shape index (κ3) is 3.46. The molecule has 0 atom stereocenters. The van der Waals surface area contributed by atoms with Crippen LogP contribution in [-0.2, 0) is 4.79 Å². The number of rotatable bonds is 4. The van der Waals surface area contributed by atoms with Gasteiger partial charge >= 0.3 is 5.97 Å². The van der Waals surface area contributed by atoms with E-state index in [0.29, 0.717) is 5.56 Å². The van der Waals surface area contributed by atoms with Crippen LogP contribution in [0.25, 0.3) is 11.1 Å². The topological polar surface area (TPSA) is 63.6 Å². The molecule has 0 aromatic heterocycles. The van der Waals surface area contributed by atoms with Crippen LogP contribution >= 0.6 is 31.9 Å². The molecule has 0 unspecified atom stereocenters. The number of hydrogen-bond acceptors (Lipinski definition) is 3. The van der Waals surface area contributed by atoms with Crippen LogP contribution in [0.1, 0.15) is 10.4 Å². The lowest BCUT2D eigenvalue weighted by atomic mass is 10.0. The monoisotopic (exact) mass is 398 g/mol. The van der Waals surface area contributed by atoms with Gasteiger partial charge in [-0.1, -0.05) is 31.9 Å². The molecule has 4 nitrogen and oxygen atoms in total. The minimum absolute atomic E-state index is 0.0513. The summed E-state index contributed by atoms with van der Waals surface area (Å²) in [4.78, 5) is 21.5. The minimum Gasteiger partial charge on any atom is -0.478 e. The fourth-order valence-electron chi connectivity index (χ4n) is 1.73. The molecule has 102 valence electrons. The van der Waals surface area contributed by atoms with E-state index in [1.54, 1.807) is 6.07 Å². The summed E-state index contributed by atoms with van der Waals surface area (Å²) in [5.74, 6) is -0.900. The maximum absolute atomic E-state index is 11.1. The van der Waals surface area contributed by atoms with E-state index in [0.717, 1.165) is 14.5 Å². The highest BCUT2D eigenvalue weighted by Gasteiger charge is 2.10. The first kappa shape index (κ1) is 14.7. The van der Waals surface area contributed by atoms with E-state index in [-0.39, 0.29) is 17.8 Å². The van der Waals surface area contributed by atoms with Crippen molar-refractivity contribution in [3.63, 3.8) is 0 Å². The Hall–Kier alpha value is -1.66. The largest absolute Gasteiger partial charge is 0.478 e. The summed E-state index contributed by atoms with van der Waals surface area (Å²) >= 11 is 6.75. The Bertz CT molecular complexity index is 663. The van der Waals surface area contributed by atoms with Crippen molar-refractivity contribution in [1.29, 1.82) is 0 Å². The number of carboxylic acid groups (broad SMARTS) is 1. The standard InChI is InChI=1S/C14H8Br2O4/c15-11-2-9(3-12(16)6-11)8-1-10(14(18)19)5-13(4-8)20-7-17/h1-7H,(H,18,19). The second-order valence-corrected chi connectivity index (χ2v) is 5.75. The molecule has 0 bridgehead atoms. The number of carbonyl (C=O) groups excluding carboxylic acids is 1. The van der Waals surface area contributed by atoms with Crippen LogP contribution in [-0.4, -0.2) is 17.5 Å². The number of ether oxygens (including phenoxy) is 1. The highest BCUT2D eigenvalue weighted by atomic mass is 79.9. The zero-order valence-electron chi connectivity index (χ0n) is 9.97. The van der Waals surface area contributed by atoms with Gasteiger partial charge in [-0.15, -0.1) is 0 Å². The highest BCUT2D eigenvalue weighted by molar-refractivity contribution is 9.11. The van der Waals surface area contributed by atoms with Gasteiger partial charge in [0.15, 0.2) is 0 Å². The van der Waals surface area contributed by atoms with E-state index >= 15 is 0 Å². The first-order valence-corrected chi connectivity index (χ1v) is 7.03. The van der Waals surface area contributed by atoms with E-state index in [4.69, 9.17) is 9.84 Å². The number of halogens is 2. The van der Waals surface area contributed by atoms with Gasteiger partial charge in [-0.2, -0.15) is 0 Å². The Balaban J connectivity index is 2.59. The van der Waals surface area contributed by atoms with Crippen LogP contribution in [0.5, 0.6) is 5.75 Å². The third-order valence-electron chi connectivity index (χ3n) is 2.53. The Morgan fingerprint density at radius 1 is 1.00 bits per heavy atom. The molecule has 0 amide bonds. The van der Waals surface area contributed by atoms with Crippen molar-refractivity contribution in [2.45, 2.75) is 0 Å². The molecule has 1 N–H and O–H groups in total. The Labute approximate surface area is 131 Å². The van der Waals surface area contributed by atoms with Gasteiger partial charge < -0.3 is 9.84 Å². The first-order chi connectivity index (χ1) is 9.49. The Morgan fingerprint density at radius 2 is 1.60 bits per heavy atom. The zero-order valence-corrected chi connectivity index (χ0v) is 13.1. The molecular formula is C14H8Br2O4. The van der Waals surface area contributed by atoms with E-state index in [1.807, 2.05) is 18.2 Å². The molecule has 0 heterocycles. The normalized spacial score (nSPS) is 10.1. The summed E-state index contributed by atoms with van der Waals surface area (Å²) in [5, 5.41) is 9.10. The van der Waals surface area contributed by atoms with Gasteiger partial charge in [0.2, 0.25) is 0 Å². The molecular weight excluding hydrogens is 392 g/mol. The number of carbonyl (C=O) groups is 2. The first-order valence-electron chi connectivity index (χ1n) is 5.45. The van der Waals surface area contributed by atoms with Crippen LogP contribution in [0.4, 0.5) is 0 Å². The molecule has 0 aliphatic heterocycles. The molecule has 0 fully saturated rings. The van der Waals surface area contributed by atoms with Crippen molar-refractivity contribution < 1.29 is 19.4 Å². The number of hydrogen-bond donors (Lipinski definition) is 1. The van der Waals surface area contributed by atoms with E-state index < -0.39 is 5.97 Å². The van der Waals surface area contributed by atoms with Crippen molar-refractivity contribution >= 4 is 44.3 Å². The van der Waals surface area contributed by atoms with Gasteiger partial charge in [-0.05, 0) is 47.5 Å². The van der Waals surface area contributed by atoms with E-state index in [1.165, 1.54) is 12.1 Å². The molecule has 0 aliphatic carbocycles. The molecule has 0 spiro atoms. The maximum atomic E-state index is 11.1. The van der Waals surface area contributed by atoms with Gasteiger partial charge in [0, 0.05) is 8.95 Å². The van der Waals surface area contributed by atoms with E-state index in [9.17, 15) is 9.59 Å². The summed E-state index contributed by atoms with van der Waals surface area (Å²) in [5.41, 5.74) is 1.49. The molecule has 2 aromatic rings. The van der Waals surface area contributed by atoms with Crippen LogP contribution in [0.15, 0.2) is 45.3 Å². The fraction of sp³-hybridized carbons (Fsp3) is 0. The zero-order chi connectivity index (χ0) is 14.7. The molecule has 2 aromatic carbocycles. The molecule has 0 saturated heterocycles. The lowest BCUT2D eigenvalue weighted by Gasteiger charge is -2.08. The molecule has 2 rings (SSSR count). The van der Waals surface area contributed by atoms with Crippen molar-refractivity contribution in [2.75, 3.05) is 0 Å². The summed E-state index contributed by atoms with van der Waals surface area (Å²) in [6.45, 7) is 0.265. The average Bonchev–Trinajstić information content (AvgIpc) is 2.37. The lowest BCUT2D eigenvalue weighted by Crippen LogP contribution is -1.99. The number of carboxylic acids is 1. The second kappa shape index (κ2) is 6.19. The van der Waals surface area contributed by atoms with Gasteiger partial charge in [-0.3, -0.25) is 4.79 Å². The van der Waals surface area contributed by atoms with Crippen LogP contribution in [0.2, 0.25) is 0 Å². The minimum atomic E-state index is -1.09. The SMILES string of the molecule is O=COc1cc(C(=O)O)cc(-c2cc(Br)cc(Br)c2)c1. The van der Waals surface area contributed by atoms with Crippen LogP contribution in [0.3, 0.4) is 0 Å². The maximum Gasteiger partial charge on any atom is 0.335 e. The smallest absolute Gasteiger partial charge is 0.335 e. The molecule has 6 heteroatoms. The molecule has 20 heavy (non-hydrogen) atoms. The Morgan fingerprint density at radius 3 is 2.15 bits per heavy atom. The molecule has 0 aliphatic rings. The van der Waals surface area contributed by atoms with Crippen LogP contribution < -0.4 is 4.74 Å². The third-order valence-corrected chi connectivity index (χ3v) is 3.45. The van der Waals surface area contributed by atoms with Gasteiger partial charge in [-0.25, -0.2) is 4.79 Å². The lowest BCUT2D eigenvalue weighted by molar-refractivity contribution is -0.120. The Kier molecular flexibility index (Phi) is 4.57. The predicted octanol–water partition coefficient (Wildman–Crippen LogP) is 4.11. The molecule has 0 saturated carbocycles. The van der Waals surface area contributed by atoms with Crippen molar-refractivity contribution in [3.05, 3.63) is 50.9 Å². The van der Waals surface area contributed by atoms with Crippen molar-refractivity contribution in [2.24, 2.45) is 0 Å². The molecule has 0 radical (unpaired) electrons. The predicted molar refractivity (Wildman–Crippen MR) is 80.9 cm³/mol. The average molecular weight is 400 g/mol. The number of aromatic carboxylic acids is 1. The van der Waals surface area contributed by atoms with E-state index in [2.05, 4.69) is 31.9 Å². The van der Waals surface area contributed by atoms with Gasteiger partial charge in [0.1, 0.15) is 5.75 Å². The summed E-state index contributed by atoms with van der Waals surface area (Å²) in [6, 6.07) is 9.98. The number of benzene rings is 2.